The molecular weight excluding hydrogens is 420 g/mol. The summed E-state index contributed by atoms with van der Waals surface area (Å²) in [5.74, 6) is 0.343. The maximum absolute atomic E-state index is 12.9. The summed E-state index contributed by atoms with van der Waals surface area (Å²) in [7, 11) is 1.52. The molecule has 0 atom stereocenters. The number of esters is 1. The van der Waals surface area contributed by atoms with Gasteiger partial charge in [0.15, 0.2) is 11.5 Å². The molecule has 0 aliphatic heterocycles. The Bertz CT molecular complexity index is 902. The van der Waals surface area contributed by atoms with Crippen molar-refractivity contribution in [1.82, 2.24) is 9.88 Å². The third-order valence-corrected chi connectivity index (χ3v) is 4.53. The van der Waals surface area contributed by atoms with Crippen LogP contribution in [0.1, 0.15) is 31.4 Å². The summed E-state index contributed by atoms with van der Waals surface area (Å²) in [5.41, 5.74) is 1.55. The fraction of sp³-hybridized carbons (Fsp3) is 0.348. The highest BCUT2D eigenvalue weighted by Crippen LogP contribution is 2.36. The SMILES string of the molecule is CCOC(=O)CCN(Cc1cccnc1)C(=O)/C=C/c1cc(Cl)c(OC)c(OCC)c1. The molecule has 1 aromatic heterocycles. The number of hydrogen-bond acceptors (Lipinski definition) is 6. The summed E-state index contributed by atoms with van der Waals surface area (Å²) >= 11 is 6.28. The maximum Gasteiger partial charge on any atom is 0.307 e. The van der Waals surface area contributed by atoms with Crippen LogP contribution in [0, 0.1) is 0 Å². The number of halogens is 1. The van der Waals surface area contributed by atoms with Crippen LogP contribution in [0.3, 0.4) is 0 Å². The summed E-state index contributed by atoms with van der Waals surface area (Å²) in [4.78, 5) is 30.3. The Balaban J connectivity index is 2.19. The normalized spacial score (nSPS) is 10.7. The molecule has 0 aliphatic rings. The number of amides is 1. The van der Waals surface area contributed by atoms with E-state index in [0.717, 1.165) is 5.56 Å². The van der Waals surface area contributed by atoms with E-state index in [1.54, 1.807) is 48.5 Å². The van der Waals surface area contributed by atoms with Gasteiger partial charge in [0, 0.05) is 31.6 Å². The zero-order chi connectivity index (χ0) is 22.6. The fourth-order valence-corrected chi connectivity index (χ4v) is 3.15. The van der Waals surface area contributed by atoms with E-state index >= 15 is 0 Å². The Morgan fingerprint density at radius 3 is 2.68 bits per heavy atom. The monoisotopic (exact) mass is 446 g/mol. The molecule has 0 N–H and O–H groups in total. The van der Waals surface area contributed by atoms with Gasteiger partial charge in [0.1, 0.15) is 0 Å². The minimum absolute atomic E-state index is 0.108. The van der Waals surface area contributed by atoms with E-state index < -0.39 is 0 Å². The summed E-state index contributed by atoms with van der Waals surface area (Å²) in [6, 6.07) is 7.12. The molecule has 1 heterocycles. The van der Waals surface area contributed by atoms with Crippen molar-refractivity contribution in [2.75, 3.05) is 26.9 Å². The van der Waals surface area contributed by atoms with Crippen LogP contribution in [0.4, 0.5) is 0 Å². The molecule has 166 valence electrons. The number of nitrogens with zero attached hydrogens (tertiary/aromatic N) is 2. The lowest BCUT2D eigenvalue weighted by molar-refractivity contribution is -0.143. The van der Waals surface area contributed by atoms with Gasteiger partial charge in [0.05, 0.1) is 31.8 Å². The molecule has 0 fully saturated rings. The molecule has 8 heteroatoms. The topological polar surface area (TPSA) is 78.0 Å². The number of methoxy groups -OCH3 is 1. The number of pyridine rings is 1. The van der Waals surface area contributed by atoms with Gasteiger partial charge < -0.3 is 19.1 Å². The summed E-state index contributed by atoms with van der Waals surface area (Å²) in [5, 5.41) is 0.384. The number of aromatic nitrogens is 1. The van der Waals surface area contributed by atoms with Gasteiger partial charge in [-0.25, -0.2) is 0 Å². The summed E-state index contributed by atoms with van der Waals surface area (Å²) in [6.45, 7) is 4.91. The van der Waals surface area contributed by atoms with Gasteiger partial charge in [0.25, 0.3) is 0 Å². The zero-order valence-corrected chi connectivity index (χ0v) is 18.7. The second kappa shape index (κ2) is 12.6. The van der Waals surface area contributed by atoms with Gasteiger partial charge in [-0.2, -0.15) is 0 Å². The van der Waals surface area contributed by atoms with Crippen molar-refractivity contribution in [2.45, 2.75) is 26.8 Å². The van der Waals surface area contributed by atoms with E-state index in [0.29, 0.717) is 41.8 Å². The predicted octanol–water partition coefficient (Wildman–Crippen LogP) is 4.14. The van der Waals surface area contributed by atoms with Gasteiger partial charge in [-0.15, -0.1) is 0 Å². The lowest BCUT2D eigenvalue weighted by Gasteiger charge is -2.21. The second-order valence-corrected chi connectivity index (χ2v) is 6.88. The molecule has 1 aromatic carbocycles. The van der Waals surface area contributed by atoms with Gasteiger partial charge >= 0.3 is 5.97 Å². The lowest BCUT2D eigenvalue weighted by Crippen LogP contribution is -2.31. The number of rotatable bonds is 11. The molecule has 0 saturated heterocycles. The maximum atomic E-state index is 12.9. The number of ether oxygens (including phenoxy) is 3. The molecule has 0 aliphatic carbocycles. The number of carbonyl (C=O) groups is 2. The van der Waals surface area contributed by atoms with Crippen molar-refractivity contribution in [2.24, 2.45) is 0 Å². The number of carbonyl (C=O) groups excluding carboxylic acids is 2. The summed E-state index contributed by atoms with van der Waals surface area (Å²) < 4.78 is 15.8. The van der Waals surface area contributed by atoms with Crippen LogP contribution in [0.15, 0.2) is 42.7 Å². The highest BCUT2D eigenvalue weighted by molar-refractivity contribution is 6.32. The van der Waals surface area contributed by atoms with Crippen molar-refractivity contribution in [3.63, 3.8) is 0 Å². The Hall–Kier alpha value is -3.06. The molecule has 1 amide bonds. The molecular formula is C23H27ClN2O5. The fourth-order valence-electron chi connectivity index (χ4n) is 2.86. The molecule has 31 heavy (non-hydrogen) atoms. The smallest absolute Gasteiger partial charge is 0.307 e. The van der Waals surface area contributed by atoms with Crippen LogP contribution >= 0.6 is 11.6 Å². The molecule has 0 spiro atoms. The third kappa shape index (κ3) is 7.61. The minimum atomic E-state index is -0.348. The first-order valence-corrected chi connectivity index (χ1v) is 10.4. The van der Waals surface area contributed by atoms with Gasteiger partial charge in [-0.1, -0.05) is 17.7 Å². The van der Waals surface area contributed by atoms with E-state index in [9.17, 15) is 9.59 Å². The van der Waals surface area contributed by atoms with Crippen LogP contribution in [0.25, 0.3) is 6.08 Å². The molecule has 2 rings (SSSR count). The summed E-state index contributed by atoms with van der Waals surface area (Å²) in [6.07, 6.45) is 6.55. The second-order valence-electron chi connectivity index (χ2n) is 6.48. The first-order valence-electron chi connectivity index (χ1n) is 10.00. The lowest BCUT2D eigenvalue weighted by atomic mass is 10.1. The van der Waals surface area contributed by atoms with Crippen molar-refractivity contribution >= 4 is 29.6 Å². The van der Waals surface area contributed by atoms with Crippen molar-refractivity contribution in [3.05, 3.63) is 58.9 Å². The average molecular weight is 447 g/mol. The van der Waals surface area contributed by atoms with E-state index in [2.05, 4.69) is 4.98 Å². The van der Waals surface area contributed by atoms with Crippen LogP contribution in [0.5, 0.6) is 11.5 Å². The van der Waals surface area contributed by atoms with Crippen molar-refractivity contribution < 1.29 is 23.8 Å². The Kier molecular flexibility index (Phi) is 9.84. The van der Waals surface area contributed by atoms with E-state index in [1.165, 1.54) is 13.2 Å². The quantitative estimate of drug-likeness (QED) is 0.381. The third-order valence-electron chi connectivity index (χ3n) is 4.25. The van der Waals surface area contributed by atoms with Crippen LogP contribution < -0.4 is 9.47 Å². The van der Waals surface area contributed by atoms with Gasteiger partial charge in [-0.3, -0.25) is 14.6 Å². The van der Waals surface area contributed by atoms with Gasteiger partial charge in [-0.05, 0) is 49.2 Å². The first kappa shape index (κ1) is 24.2. The minimum Gasteiger partial charge on any atom is -0.491 e. The van der Waals surface area contributed by atoms with E-state index in [-0.39, 0.29) is 24.8 Å². The van der Waals surface area contributed by atoms with E-state index in [4.69, 9.17) is 25.8 Å². The van der Waals surface area contributed by atoms with Crippen LogP contribution in [-0.4, -0.2) is 48.6 Å². The Morgan fingerprint density at radius 2 is 2.03 bits per heavy atom. The standard InChI is InChI=1S/C23H27ClN2O5/c1-4-30-20-14-17(13-19(24)23(20)29-3)8-9-21(27)26(12-10-22(28)31-5-2)16-18-7-6-11-25-15-18/h6-9,11,13-15H,4-5,10,12,16H2,1-3H3/b9-8+. The first-order chi connectivity index (χ1) is 15.0. The molecule has 0 radical (unpaired) electrons. The van der Waals surface area contributed by atoms with Gasteiger partial charge in [0.2, 0.25) is 5.91 Å². The molecule has 7 nitrogen and oxygen atoms in total. The largest absolute Gasteiger partial charge is 0.491 e. The highest BCUT2D eigenvalue weighted by Gasteiger charge is 2.15. The predicted molar refractivity (Wildman–Crippen MR) is 119 cm³/mol. The zero-order valence-electron chi connectivity index (χ0n) is 18.0. The van der Waals surface area contributed by atoms with Crippen molar-refractivity contribution in [1.29, 1.82) is 0 Å². The average Bonchev–Trinajstić information content (AvgIpc) is 2.76. The van der Waals surface area contributed by atoms with E-state index in [1.807, 2.05) is 13.0 Å². The molecule has 0 saturated carbocycles. The Morgan fingerprint density at radius 1 is 1.23 bits per heavy atom. The molecule has 0 bridgehead atoms. The van der Waals surface area contributed by atoms with Crippen LogP contribution in [0.2, 0.25) is 5.02 Å². The molecule has 2 aromatic rings. The van der Waals surface area contributed by atoms with Crippen molar-refractivity contribution in [3.8, 4) is 11.5 Å². The molecule has 0 unspecified atom stereocenters. The van der Waals surface area contributed by atoms with Crippen LogP contribution in [-0.2, 0) is 20.9 Å². The highest BCUT2D eigenvalue weighted by atomic mass is 35.5. The number of benzene rings is 1. The Labute approximate surface area is 187 Å². The number of hydrogen-bond donors (Lipinski definition) is 0.